The molecule has 5 heteroatoms. The average molecular weight is 296 g/mol. The van der Waals surface area contributed by atoms with Crippen molar-refractivity contribution in [3.05, 3.63) is 29.6 Å². The number of fused-ring (bicyclic) bond motifs is 1. The van der Waals surface area contributed by atoms with Gasteiger partial charge in [0.05, 0.1) is 11.6 Å². The van der Waals surface area contributed by atoms with Gasteiger partial charge in [0.2, 0.25) is 5.91 Å². The summed E-state index contributed by atoms with van der Waals surface area (Å²) in [5, 5.41) is 2.98. The summed E-state index contributed by atoms with van der Waals surface area (Å²) in [4.78, 5) is 12.9. The van der Waals surface area contributed by atoms with Crippen molar-refractivity contribution >= 4 is 17.7 Å². The van der Waals surface area contributed by atoms with E-state index in [2.05, 4.69) is 5.32 Å². The van der Waals surface area contributed by atoms with Crippen LogP contribution in [0.5, 0.6) is 0 Å². The summed E-state index contributed by atoms with van der Waals surface area (Å²) < 4.78 is 13.8. The Labute approximate surface area is 123 Å². The maximum absolute atomic E-state index is 13.8. The van der Waals surface area contributed by atoms with Gasteiger partial charge in [-0.25, -0.2) is 4.39 Å². The first kappa shape index (κ1) is 15.3. The summed E-state index contributed by atoms with van der Waals surface area (Å²) in [6.07, 6.45) is 2.29. The minimum absolute atomic E-state index is 0.144. The lowest BCUT2D eigenvalue weighted by molar-refractivity contribution is -0.126. The van der Waals surface area contributed by atoms with Crippen molar-refractivity contribution in [2.45, 2.75) is 49.6 Å². The SMILES string of the molecule is CCCC(C)(N)C(=O)NC1CCSc2c(F)cccc21. The molecule has 1 aromatic rings. The Balaban J connectivity index is 2.17. The van der Waals surface area contributed by atoms with Gasteiger partial charge in [-0.15, -0.1) is 11.8 Å². The predicted molar refractivity (Wildman–Crippen MR) is 80.1 cm³/mol. The highest BCUT2D eigenvalue weighted by Gasteiger charge is 2.31. The third-order valence-electron chi connectivity index (χ3n) is 3.62. The molecular weight excluding hydrogens is 275 g/mol. The molecule has 110 valence electrons. The fraction of sp³-hybridized carbons (Fsp3) is 0.533. The first-order valence-corrected chi connectivity index (χ1v) is 7.95. The normalized spacial score (nSPS) is 20.9. The number of nitrogens with one attached hydrogen (secondary N) is 1. The number of hydrogen-bond acceptors (Lipinski definition) is 3. The molecular formula is C15H21FN2OS. The molecule has 2 rings (SSSR count). The fourth-order valence-electron chi connectivity index (χ4n) is 2.49. The van der Waals surface area contributed by atoms with Crippen LogP contribution in [0, 0.1) is 5.82 Å². The molecule has 0 fully saturated rings. The van der Waals surface area contributed by atoms with Crippen molar-refractivity contribution in [2.75, 3.05) is 5.75 Å². The third kappa shape index (κ3) is 3.15. The van der Waals surface area contributed by atoms with Crippen LogP contribution in [0.15, 0.2) is 23.1 Å². The van der Waals surface area contributed by atoms with Crippen LogP contribution in [-0.4, -0.2) is 17.2 Å². The number of carbonyl (C=O) groups excluding carboxylic acids is 1. The van der Waals surface area contributed by atoms with Gasteiger partial charge in [-0.3, -0.25) is 4.79 Å². The Morgan fingerprint density at radius 1 is 1.60 bits per heavy atom. The molecule has 20 heavy (non-hydrogen) atoms. The third-order valence-corrected chi connectivity index (χ3v) is 4.78. The van der Waals surface area contributed by atoms with Crippen LogP contribution in [0.4, 0.5) is 4.39 Å². The van der Waals surface area contributed by atoms with Crippen molar-refractivity contribution in [3.63, 3.8) is 0 Å². The molecule has 1 aliphatic heterocycles. The van der Waals surface area contributed by atoms with Crippen molar-refractivity contribution < 1.29 is 9.18 Å². The Morgan fingerprint density at radius 2 is 2.35 bits per heavy atom. The summed E-state index contributed by atoms with van der Waals surface area (Å²) >= 11 is 1.51. The van der Waals surface area contributed by atoms with Crippen LogP contribution in [-0.2, 0) is 4.79 Å². The first-order chi connectivity index (χ1) is 9.45. The highest BCUT2D eigenvalue weighted by molar-refractivity contribution is 7.99. The van der Waals surface area contributed by atoms with Crippen LogP contribution in [0.3, 0.4) is 0 Å². The molecule has 3 N–H and O–H groups in total. The van der Waals surface area contributed by atoms with Gasteiger partial charge in [0.15, 0.2) is 0 Å². The number of thioether (sulfide) groups is 1. The van der Waals surface area contributed by atoms with Crippen molar-refractivity contribution in [2.24, 2.45) is 5.73 Å². The average Bonchev–Trinajstić information content (AvgIpc) is 2.40. The number of halogens is 1. The lowest BCUT2D eigenvalue weighted by atomic mass is 9.95. The molecule has 2 unspecified atom stereocenters. The maximum Gasteiger partial charge on any atom is 0.240 e. The molecule has 0 saturated carbocycles. The highest BCUT2D eigenvalue weighted by atomic mass is 32.2. The van der Waals surface area contributed by atoms with E-state index < -0.39 is 5.54 Å². The maximum atomic E-state index is 13.8. The molecule has 1 amide bonds. The van der Waals surface area contributed by atoms with E-state index in [0.717, 1.165) is 24.2 Å². The van der Waals surface area contributed by atoms with Gasteiger partial charge in [0.1, 0.15) is 5.82 Å². The molecule has 3 nitrogen and oxygen atoms in total. The molecule has 0 bridgehead atoms. The van der Waals surface area contributed by atoms with E-state index in [0.29, 0.717) is 11.3 Å². The molecule has 0 aliphatic carbocycles. The smallest absolute Gasteiger partial charge is 0.240 e. The Hall–Kier alpha value is -1.07. The van der Waals surface area contributed by atoms with E-state index in [9.17, 15) is 9.18 Å². The van der Waals surface area contributed by atoms with Gasteiger partial charge in [-0.05, 0) is 31.4 Å². The number of hydrogen-bond donors (Lipinski definition) is 2. The number of carbonyl (C=O) groups is 1. The first-order valence-electron chi connectivity index (χ1n) is 6.96. The second-order valence-corrected chi connectivity index (χ2v) is 6.59. The summed E-state index contributed by atoms with van der Waals surface area (Å²) in [6, 6.07) is 4.88. The molecule has 0 aromatic heterocycles. The Bertz CT molecular complexity index is 505. The lowest BCUT2D eigenvalue weighted by Gasteiger charge is -2.30. The van der Waals surface area contributed by atoms with Crippen molar-refractivity contribution in [1.82, 2.24) is 5.32 Å². The molecule has 1 aromatic carbocycles. The Kier molecular flexibility index (Phi) is 4.70. The van der Waals surface area contributed by atoms with E-state index in [4.69, 9.17) is 5.73 Å². The van der Waals surface area contributed by atoms with E-state index in [1.54, 1.807) is 13.0 Å². The zero-order chi connectivity index (χ0) is 14.8. The van der Waals surface area contributed by atoms with Gasteiger partial charge in [-0.2, -0.15) is 0 Å². The molecule has 1 heterocycles. The molecule has 0 saturated heterocycles. The summed E-state index contributed by atoms with van der Waals surface area (Å²) in [6.45, 7) is 3.75. The largest absolute Gasteiger partial charge is 0.348 e. The van der Waals surface area contributed by atoms with Crippen LogP contribution in [0.1, 0.15) is 44.7 Å². The van der Waals surface area contributed by atoms with Crippen molar-refractivity contribution in [1.29, 1.82) is 0 Å². The minimum Gasteiger partial charge on any atom is -0.348 e. The van der Waals surface area contributed by atoms with Crippen LogP contribution < -0.4 is 11.1 Å². The second-order valence-electron chi connectivity index (χ2n) is 5.49. The zero-order valence-electron chi connectivity index (χ0n) is 11.9. The van der Waals surface area contributed by atoms with E-state index in [1.807, 2.05) is 13.0 Å². The van der Waals surface area contributed by atoms with Gasteiger partial charge < -0.3 is 11.1 Å². The summed E-state index contributed by atoms with van der Waals surface area (Å²) in [5.41, 5.74) is 6.04. The van der Waals surface area contributed by atoms with E-state index in [-0.39, 0.29) is 17.8 Å². The zero-order valence-corrected chi connectivity index (χ0v) is 12.7. The molecule has 0 spiro atoms. The highest BCUT2D eigenvalue weighted by Crippen LogP contribution is 2.37. The lowest BCUT2D eigenvalue weighted by Crippen LogP contribution is -2.52. The number of nitrogens with two attached hydrogens (primary N) is 1. The predicted octanol–water partition coefficient (Wildman–Crippen LogP) is 3.00. The fourth-order valence-corrected chi connectivity index (χ4v) is 3.63. The topological polar surface area (TPSA) is 55.1 Å². The van der Waals surface area contributed by atoms with Crippen LogP contribution >= 0.6 is 11.8 Å². The minimum atomic E-state index is -0.868. The van der Waals surface area contributed by atoms with Crippen molar-refractivity contribution in [3.8, 4) is 0 Å². The molecule has 0 radical (unpaired) electrons. The van der Waals surface area contributed by atoms with Gasteiger partial charge >= 0.3 is 0 Å². The monoisotopic (exact) mass is 296 g/mol. The number of amides is 1. The number of benzene rings is 1. The van der Waals surface area contributed by atoms with E-state index >= 15 is 0 Å². The van der Waals surface area contributed by atoms with E-state index in [1.165, 1.54) is 17.8 Å². The molecule has 1 aliphatic rings. The number of rotatable bonds is 4. The van der Waals surface area contributed by atoms with Gasteiger partial charge in [0.25, 0.3) is 0 Å². The molecule has 2 atom stereocenters. The quantitative estimate of drug-likeness (QED) is 0.898. The van der Waals surface area contributed by atoms with Gasteiger partial charge in [-0.1, -0.05) is 25.5 Å². The summed E-state index contributed by atoms with van der Waals surface area (Å²) in [7, 11) is 0. The van der Waals surface area contributed by atoms with Crippen LogP contribution in [0.25, 0.3) is 0 Å². The second kappa shape index (κ2) is 6.14. The van der Waals surface area contributed by atoms with Crippen LogP contribution in [0.2, 0.25) is 0 Å². The standard InChI is InChI=1S/C15H21FN2OS/c1-3-8-15(2,17)14(19)18-12-7-9-20-13-10(12)5-4-6-11(13)16/h4-6,12H,3,7-9,17H2,1-2H3,(H,18,19). The Morgan fingerprint density at radius 3 is 3.05 bits per heavy atom. The summed E-state index contributed by atoms with van der Waals surface area (Å²) in [5.74, 6) is 0.426. The van der Waals surface area contributed by atoms with Gasteiger partial charge in [0, 0.05) is 10.6 Å².